The molecule has 0 bridgehead atoms. The van der Waals surface area contributed by atoms with Gasteiger partial charge in [0.1, 0.15) is 11.4 Å². The molecular formula is C13H13F3N2O2. The first-order valence-corrected chi connectivity index (χ1v) is 6.00. The molecule has 1 aromatic carbocycles. The molecule has 0 aliphatic carbocycles. The number of halogens is 3. The quantitative estimate of drug-likeness (QED) is 0.799. The van der Waals surface area contributed by atoms with Crippen molar-refractivity contribution in [2.45, 2.75) is 25.8 Å². The van der Waals surface area contributed by atoms with Gasteiger partial charge in [-0.05, 0) is 13.8 Å². The van der Waals surface area contributed by atoms with Crippen molar-refractivity contribution in [3.8, 4) is 0 Å². The summed E-state index contributed by atoms with van der Waals surface area (Å²) in [7, 11) is 0. The van der Waals surface area contributed by atoms with E-state index in [1.807, 2.05) is 0 Å². The Kier molecular flexibility index (Phi) is 3.45. The summed E-state index contributed by atoms with van der Waals surface area (Å²) in [6, 6.07) is 1.14. The van der Waals surface area contributed by atoms with Crippen molar-refractivity contribution in [2.24, 2.45) is 0 Å². The average Bonchev–Trinajstić information content (AvgIpc) is 2.42. The number of nitrogens with zero attached hydrogens (tertiary/aromatic N) is 1. The maximum absolute atomic E-state index is 13.8. The lowest BCUT2D eigenvalue weighted by Gasteiger charge is -2.29. The molecule has 1 heterocycles. The van der Waals surface area contributed by atoms with Crippen LogP contribution in [0.2, 0.25) is 0 Å². The number of hydrogen-bond acceptors (Lipinski definition) is 2. The fraction of sp³-hybridized carbons (Fsp3) is 0.385. The molecule has 0 atom stereocenters. The van der Waals surface area contributed by atoms with Crippen LogP contribution in [0.5, 0.6) is 0 Å². The van der Waals surface area contributed by atoms with Crippen LogP contribution in [0.4, 0.5) is 18.9 Å². The molecule has 7 heteroatoms. The first-order chi connectivity index (χ1) is 9.22. The van der Waals surface area contributed by atoms with E-state index in [1.165, 1.54) is 13.8 Å². The average molecular weight is 286 g/mol. The molecule has 108 valence electrons. The maximum atomic E-state index is 13.8. The fourth-order valence-electron chi connectivity index (χ4n) is 2.09. The first-order valence-electron chi connectivity index (χ1n) is 6.00. The standard InChI is InChI=1S/C13H13F3N2O2/c1-13(2)12(20)18(4-3-10(19)17-13)9-6-7(14)5-8(15)11(9)16/h5-6H,3-4H2,1-2H3,(H,17,19). The summed E-state index contributed by atoms with van der Waals surface area (Å²) in [5, 5.41) is 2.48. The van der Waals surface area contributed by atoms with Crippen LogP contribution in [0.15, 0.2) is 12.1 Å². The Morgan fingerprint density at radius 1 is 1.20 bits per heavy atom. The van der Waals surface area contributed by atoms with Gasteiger partial charge in [0.25, 0.3) is 5.91 Å². The number of nitrogens with one attached hydrogen (secondary N) is 1. The summed E-state index contributed by atoms with van der Waals surface area (Å²) in [5.74, 6) is -4.71. The van der Waals surface area contributed by atoms with Crippen LogP contribution >= 0.6 is 0 Å². The number of carbonyl (C=O) groups is 2. The van der Waals surface area contributed by atoms with Crippen LogP contribution in [0.1, 0.15) is 20.3 Å². The minimum Gasteiger partial charge on any atom is -0.342 e. The highest BCUT2D eigenvalue weighted by Crippen LogP contribution is 2.27. The van der Waals surface area contributed by atoms with Gasteiger partial charge in [-0.1, -0.05) is 0 Å². The van der Waals surface area contributed by atoms with E-state index in [4.69, 9.17) is 0 Å². The summed E-state index contributed by atoms with van der Waals surface area (Å²) < 4.78 is 40.3. The minimum atomic E-state index is -1.38. The number of rotatable bonds is 1. The highest BCUT2D eigenvalue weighted by molar-refractivity contribution is 6.03. The van der Waals surface area contributed by atoms with E-state index >= 15 is 0 Å². The van der Waals surface area contributed by atoms with E-state index in [0.29, 0.717) is 6.07 Å². The van der Waals surface area contributed by atoms with Gasteiger partial charge < -0.3 is 10.2 Å². The van der Waals surface area contributed by atoms with Gasteiger partial charge in [-0.15, -0.1) is 0 Å². The molecule has 1 N–H and O–H groups in total. The molecule has 0 unspecified atom stereocenters. The van der Waals surface area contributed by atoms with E-state index in [0.717, 1.165) is 11.0 Å². The highest BCUT2D eigenvalue weighted by atomic mass is 19.2. The van der Waals surface area contributed by atoms with Crippen molar-refractivity contribution in [3.63, 3.8) is 0 Å². The minimum absolute atomic E-state index is 0.0766. The Hall–Kier alpha value is -2.05. The molecule has 2 amide bonds. The molecule has 1 saturated heterocycles. The molecule has 0 aromatic heterocycles. The molecule has 0 radical (unpaired) electrons. The van der Waals surface area contributed by atoms with Crippen LogP contribution in [0.3, 0.4) is 0 Å². The summed E-state index contributed by atoms with van der Waals surface area (Å²) in [6.45, 7) is 2.74. The second kappa shape index (κ2) is 4.81. The largest absolute Gasteiger partial charge is 0.342 e. The van der Waals surface area contributed by atoms with Crippen LogP contribution in [0, 0.1) is 17.5 Å². The second-order valence-electron chi connectivity index (χ2n) is 5.10. The van der Waals surface area contributed by atoms with Gasteiger partial charge in [0, 0.05) is 25.1 Å². The number of hydrogen-bond donors (Lipinski definition) is 1. The number of amides is 2. The van der Waals surface area contributed by atoms with Crippen LogP contribution in [0.25, 0.3) is 0 Å². The fourth-order valence-corrected chi connectivity index (χ4v) is 2.09. The van der Waals surface area contributed by atoms with Gasteiger partial charge in [0.2, 0.25) is 5.91 Å². The van der Waals surface area contributed by atoms with Crippen molar-refractivity contribution < 1.29 is 22.8 Å². The SMILES string of the molecule is CC1(C)NC(=O)CCN(c2cc(F)cc(F)c2F)C1=O. The van der Waals surface area contributed by atoms with Gasteiger partial charge in [-0.25, -0.2) is 13.2 Å². The normalized spacial score (nSPS) is 18.8. The predicted octanol–water partition coefficient (Wildman–Crippen LogP) is 1.74. The number of carbonyl (C=O) groups excluding carboxylic acids is 2. The van der Waals surface area contributed by atoms with Gasteiger partial charge in [0.15, 0.2) is 11.6 Å². The third-order valence-corrected chi connectivity index (χ3v) is 3.06. The number of benzene rings is 1. The summed E-state index contributed by atoms with van der Waals surface area (Å²) in [5.41, 5.74) is -1.78. The van der Waals surface area contributed by atoms with Crippen LogP contribution < -0.4 is 10.2 Å². The van der Waals surface area contributed by atoms with Gasteiger partial charge >= 0.3 is 0 Å². The Morgan fingerprint density at radius 3 is 2.50 bits per heavy atom. The molecule has 0 saturated carbocycles. The van der Waals surface area contributed by atoms with Crippen molar-refractivity contribution in [1.29, 1.82) is 0 Å². The zero-order valence-electron chi connectivity index (χ0n) is 11.0. The molecule has 20 heavy (non-hydrogen) atoms. The van der Waals surface area contributed by atoms with Crippen molar-refractivity contribution in [2.75, 3.05) is 11.4 Å². The molecule has 1 aliphatic heterocycles. The highest BCUT2D eigenvalue weighted by Gasteiger charge is 2.38. The molecule has 4 nitrogen and oxygen atoms in total. The third kappa shape index (κ3) is 2.48. The van der Waals surface area contributed by atoms with E-state index < -0.39 is 34.6 Å². The van der Waals surface area contributed by atoms with E-state index in [1.54, 1.807) is 0 Å². The second-order valence-corrected chi connectivity index (χ2v) is 5.10. The lowest BCUT2D eigenvalue weighted by molar-refractivity contribution is -0.128. The molecule has 1 aliphatic rings. The zero-order chi connectivity index (χ0) is 15.1. The zero-order valence-corrected chi connectivity index (χ0v) is 11.0. The topological polar surface area (TPSA) is 49.4 Å². The molecular weight excluding hydrogens is 273 g/mol. The van der Waals surface area contributed by atoms with Gasteiger partial charge in [-0.2, -0.15) is 0 Å². The van der Waals surface area contributed by atoms with Crippen molar-refractivity contribution in [1.82, 2.24) is 5.32 Å². The van der Waals surface area contributed by atoms with Gasteiger partial charge in [0.05, 0.1) is 5.69 Å². The maximum Gasteiger partial charge on any atom is 0.252 e. The number of anilines is 1. The first kappa shape index (κ1) is 14.4. The van der Waals surface area contributed by atoms with Crippen molar-refractivity contribution in [3.05, 3.63) is 29.6 Å². The molecule has 0 spiro atoms. The predicted molar refractivity (Wildman–Crippen MR) is 65.5 cm³/mol. The van der Waals surface area contributed by atoms with E-state index in [-0.39, 0.29) is 18.9 Å². The molecule has 1 fully saturated rings. The lowest BCUT2D eigenvalue weighted by atomic mass is 10.0. The monoisotopic (exact) mass is 286 g/mol. The van der Waals surface area contributed by atoms with E-state index in [9.17, 15) is 22.8 Å². The lowest BCUT2D eigenvalue weighted by Crippen LogP contribution is -2.53. The van der Waals surface area contributed by atoms with Crippen molar-refractivity contribution >= 4 is 17.5 Å². The van der Waals surface area contributed by atoms with E-state index in [2.05, 4.69) is 5.32 Å². The summed E-state index contributed by atoms with van der Waals surface area (Å²) in [4.78, 5) is 24.7. The molecule has 1 aromatic rings. The van der Waals surface area contributed by atoms with Crippen LogP contribution in [-0.4, -0.2) is 23.9 Å². The van der Waals surface area contributed by atoms with Crippen LogP contribution in [-0.2, 0) is 9.59 Å². The summed E-state index contributed by atoms with van der Waals surface area (Å²) >= 11 is 0. The Morgan fingerprint density at radius 2 is 1.85 bits per heavy atom. The summed E-state index contributed by atoms with van der Waals surface area (Å²) in [6.07, 6.45) is -0.0766. The Bertz CT molecular complexity index is 587. The Balaban J connectivity index is 2.51. The molecule has 2 rings (SSSR count). The smallest absolute Gasteiger partial charge is 0.252 e. The Labute approximate surface area is 113 Å². The third-order valence-electron chi connectivity index (χ3n) is 3.06. The van der Waals surface area contributed by atoms with Gasteiger partial charge in [-0.3, -0.25) is 9.59 Å².